The highest BCUT2D eigenvalue weighted by Gasteiger charge is 2.02. The first-order valence-electron chi connectivity index (χ1n) is 3.73. The van der Waals surface area contributed by atoms with Crippen LogP contribution in [-0.2, 0) is 6.54 Å². The Bertz CT molecular complexity index is 403. The molecule has 0 amide bonds. The van der Waals surface area contributed by atoms with Crippen molar-refractivity contribution in [3.63, 3.8) is 0 Å². The predicted octanol–water partition coefficient (Wildman–Crippen LogP) is 0.750. The van der Waals surface area contributed by atoms with E-state index in [1.54, 1.807) is 0 Å². The maximum absolute atomic E-state index is 8.46. The second-order valence-electron chi connectivity index (χ2n) is 2.61. The molecule has 0 bridgehead atoms. The number of nitrogens with zero attached hydrogens (tertiary/aromatic N) is 3. The van der Waals surface area contributed by atoms with Crippen LogP contribution in [0.2, 0.25) is 0 Å². The Hall–Kier alpha value is -1.82. The van der Waals surface area contributed by atoms with E-state index in [0.717, 1.165) is 5.52 Å². The molecular formula is C9H8N3+. The Balaban J connectivity index is 2.56. The lowest BCUT2D eigenvalue weighted by atomic mass is 10.4. The van der Waals surface area contributed by atoms with Crippen molar-refractivity contribution < 1.29 is 4.57 Å². The molecule has 0 aliphatic heterocycles. The van der Waals surface area contributed by atoms with Gasteiger partial charge in [-0.2, -0.15) is 5.26 Å². The van der Waals surface area contributed by atoms with E-state index in [1.165, 1.54) is 0 Å². The van der Waals surface area contributed by atoms with E-state index in [4.69, 9.17) is 5.26 Å². The van der Waals surface area contributed by atoms with Crippen molar-refractivity contribution in [2.75, 3.05) is 0 Å². The Morgan fingerprint density at radius 3 is 3.17 bits per heavy atom. The molecule has 0 radical (unpaired) electrons. The molecule has 3 heteroatoms. The molecule has 2 aromatic heterocycles. The highest BCUT2D eigenvalue weighted by molar-refractivity contribution is 5.41. The maximum Gasteiger partial charge on any atom is 0.249 e. The summed E-state index contributed by atoms with van der Waals surface area (Å²) in [5.41, 5.74) is 1.10. The van der Waals surface area contributed by atoms with E-state index in [9.17, 15) is 0 Å². The number of nitriles is 1. The Kier molecular flexibility index (Phi) is 1.52. The van der Waals surface area contributed by atoms with Gasteiger partial charge in [0.2, 0.25) is 6.33 Å². The van der Waals surface area contributed by atoms with Gasteiger partial charge in [-0.15, -0.1) is 0 Å². The van der Waals surface area contributed by atoms with Gasteiger partial charge >= 0.3 is 0 Å². The zero-order valence-corrected chi connectivity index (χ0v) is 6.51. The summed E-state index contributed by atoms with van der Waals surface area (Å²) in [6, 6.07) is 8.04. The fraction of sp³-hybridized carbons (Fsp3) is 0.111. The molecule has 3 nitrogen and oxygen atoms in total. The highest BCUT2D eigenvalue weighted by atomic mass is 15.1. The number of aromatic nitrogens is 2. The second kappa shape index (κ2) is 2.67. The zero-order valence-electron chi connectivity index (χ0n) is 6.51. The number of imidazole rings is 1. The average molecular weight is 158 g/mol. The minimum atomic E-state index is 0.404. The first-order valence-corrected chi connectivity index (χ1v) is 3.73. The van der Waals surface area contributed by atoms with Gasteiger partial charge in [-0.25, -0.2) is 8.97 Å². The number of pyridine rings is 1. The van der Waals surface area contributed by atoms with Crippen LogP contribution < -0.4 is 4.57 Å². The molecule has 0 atom stereocenters. The topological polar surface area (TPSA) is 32.1 Å². The van der Waals surface area contributed by atoms with Crippen LogP contribution in [0.25, 0.3) is 5.52 Å². The van der Waals surface area contributed by atoms with Crippen LogP contribution in [-0.4, -0.2) is 4.40 Å². The van der Waals surface area contributed by atoms with Gasteiger partial charge < -0.3 is 0 Å². The van der Waals surface area contributed by atoms with Crippen molar-refractivity contribution >= 4 is 5.52 Å². The molecule has 0 spiro atoms. The molecular weight excluding hydrogens is 150 g/mol. The van der Waals surface area contributed by atoms with Crippen LogP contribution >= 0.6 is 0 Å². The van der Waals surface area contributed by atoms with Gasteiger partial charge in [0.25, 0.3) is 0 Å². The van der Waals surface area contributed by atoms with Crippen molar-refractivity contribution in [2.45, 2.75) is 6.54 Å². The van der Waals surface area contributed by atoms with Gasteiger partial charge in [-0.05, 0) is 12.1 Å². The predicted molar refractivity (Wildman–Crippen MR) is 43.2 cm³/mol. The van der Waals surface area contributed by atoms with Gasteiger partial charge in [-0.3, -0.25) is 0 Å². The Morgan fingerprint density at radius 2 is 2.42 bits per heavy atom. The van der Waals surface area contributed by atoms with Crippen molar-refractivity contribution in [3.8, 4) is 6.07 Å². The summed E-state index contributed by atoms with van der Waals surface area (Å²) in [7, 11) is 0. The molecule has 58 valence electrons. The van der Waals surface area contributed by atoms with Gasteiger partial charge in [0, 0.05) is 0 Å². The first-order chi connectivity index (χ1) is 5.90. The largest absolute Gasteiger partial charge is 0.249 e. The SMILES string of the molecule is N#CC[n+]1cc2ccccn2c1. The van der Waals surface area contributed by atoms with Gasteiger partial charge in [-0.1, -0.05) is 6.07 Å². The molecule has 0 saturated carbocycles. The molecule has 0 fully saturated rings. The summed E-state index contributed by atoms with van der Waals surface area (Å²) in [5.74, 6) is 0. The third-order valence-corrected chi connectivity index (χ3v) is 1.75. The van der Waals surface area contributed by atoms with Crippen molar-refractivity contribution in [2.24, 2.45) is 0 Å². The van der Waals surface area contributed by atoms with E-state index >= 15 is 0 Å². The Morgan fingerprint density at radius 1 is 1.50 bits per heavy atom. The summed E-state index contributed by atoms with van der Waals surface area (Å²) in [4.78, 5) is 0. The molecule has 0 unspecified atom stereocenters. The monoisotopic (exact) mass is 158 g/mol. The van der Waals surface area contributed by atoms with E-state index in [0.29, 0.717) is 6.54 Å². The van der Waals surface area contributed by atoms with Crippen molar-refractivity contribution in [1.82, 2.24) is 4.40 Å². The summed E-state index contributed by atoms with van der Waals surface area (Å²) < 4.78 is 3.84. The van der Waals surface area contributed by atoms with Gasteiger partial charge in [0.15, 0.2) is 12.1 Å². The number of rotatable bonds is 1. The van der Waals surface area contributed by atoms with Crippen molar-refractivity contribution in [1.29, 1.82) is 5.26 Å². The minimum Gasteiger partial charge on any atom is -0.222 e. The fourth-order valence-electron chi connectivity index (χ4n) is 1.21. The summed E-state index contributed by atoms with van der Waals surface area (Å²) in [5, 5.41) is 8.46. The second-order valence-corrected chi connectivity index (χ2v) is 2.61. The molecule has 12 heavy (non-hydrogen) atoms. The summed E-state index contributed by atoms with van der Waals surface area (Å²) in [6.07, 6.45) is 5.81. The molecule has 2 rings (SSSR count). The normalized spacial score (nSPS) is 9.92. The molecule has 0 aromatic carbocycles. The highest BCUT2D eigenvalue weighted by Crippen LogP contribution is 1.97. The third-order valence-electron chi connectivity index (χ3n) is 1.75. The van der Waals surface area contributed by atoms with Crippen LogP contribution in [0.3, 0.4) is 0 Å². The van der Waals surface area contributed by atoms with Crippen LogP contribution in [0.1, 0.15) is 0 Å². The van der Waals surface area contributed by atoms with E-state index < -0.39 is 0 Å². The average Bonchev–Trinajstić information content (AvgIpc) is 2.47. The van der Waals surface area contributed by atoms with E-state index in [-0.39, 0.29) is 0 Å². The van der Waals surface area contributed by atoms with Crippen LogP contribution in [0, 0.1) is 11.3 Å². The van der Waals surface area contributed by atoms with Crippen LogP contribution in [0.4, 0.5) is 0 Å². The summed E-state index contributed by atoms with van der Waals surface area (Å²) in [6.45, 7) is 0.404. The fourth-order valence-corrected chi connectivity index (χ4v) is 1.21. The Labute approximate surface area is 70.1 Å². The zero-order chi connectivity index (χ0) is 8.39. The quantitative estimate of drug-likeness (QED) is 0.563. The maximum atomic E-state index is 8.46. The molecule has 0 N–H and O–H groups in total. The number of hydrogen-bond donors (Lipinski definition) is 0. The number of hydrogen-bond acceptors (Lipinski definition) is 1. The van der Waals surface area contributed by atoms with E-state index in [2.05, 4.69) is 6.07 Å². The molecule has 2 heterocycles. The standard InChI is InChI=1S/C9H8N3/c10-4-6-11-7-9-3-1-2-5-12(9)8-11/h1-3,5,7-8H,6H2/q+1. The van der Waals surface area contributed by atoms with Crippen LogP contribution in [0.5, 0.6) is 0 Å². The molecule has 0 aliphatic rings. The minimum absolute atomic E-state index is 0.404. The smallest absolute Gasteiger partial charge is 0.222 e. The van der Waals surface area contributed by atoms with Gasteiger partial charge in [0.1, 0.15) is 12.3 Å². The lowest BCUT2D eigenvalue weighted by Crippen LogP contribution is -2.29. The lowest BCUT2D eigenvalue weighted by Gasteiger charge is -1.79. The van der Waals surface area contributed by atoms with Crippen molar-refractivity contribution in [3.05, 3.63) is 36.9 Å². The van der Waals surface area contributed by atoms with Gasteiger partial charge in [0.05, 0.1) is 6.20 Å². The van der Waals surface area contributed by atoms with Crippen LogP contribution in [0.15, 0.2) is 36.9 Å². The molecule has 0 saturated heterocycles. The number of fused-ring (bicyclic) bond motifs is 1. The van der Waals surface area contributed by atoms with E-state index in [1.807, 2.05) is 45.9 Å². The first kappa shape index (κ1) is 6.86. The summed E-state index contributed by atoms with van der Waals surface area (Å²) >= 11 is 0. The third kappa shape index (κ3) is 1.04. The lowest BCUT2D eigenvalue weighted by molar-refractivity contribution is -0.683. The molecule has 2 aromatic rings. The molecule has 0 aliphatic carbocycles.